The molecular weight excluding hydrogens is 351 g/mol. The van der Waals surface area contributed by atoms with Crippen LogP contribution in [0.3, 0.4) is 0 Å². The van der Waals surface area contributed by atoms with E-state index in [2.05, 4.69) is 0 Å². The number of aliphatic carboxylic acids is 5. The Morgan fingerprint density at radius 1 is 0.833 bits per heavy atom. The van der Waals surface area contributed by atoms with Crippen molar-refractivity contribution in [2.24, 2.45) is 0 Å². The molecule has 0 spiro atoms. The number of carboxylic acid groups (broad SMARTS) is 5. The van der Waals surface area contributed by atoms with Crippen molar-refractivity contribution in [1.29, 1.82) is 0 Å². The zero-order valence-corrected chi connectivity index (χ0v) is 14.1. The third kappa shape index (κ3) is 10.9. The summed E-state index contributed by atoms with van der Waals surface area (Å²) in [5.74, 6) is -8.85. The van der Waals surface area contributed by atoms with Crippen LogP contribution in [0.25, 0.3) is 0 Å². The van der Waals surface area contributed by atoms with Gasteiger partial charge in [-0.2, -0.15) is 0 Å². The molecule has 0 aliphatic rings. The van der Waals surface area contributed by atoms with E-state index in [1.54, 1.807) is 0 Å². The summed E-state index contributed by atoms with van der Waals surface area (Å²) < 4.78 is 0. The average Bonchev–Trinajstić information content (AvgIpc) is 2.35. The van der Waals surface area contributed by atoms with Crippen LogP contribution in [0.4, 0.5) is 0 Å². The van der Waals surface area contributed by atoms with E-state index < -0.39 is 60.5 Å². The SMILES string of the molecule is O=C(O)CC(O)(CC(=O)O)C(=O)O.O=C([O-])C(O)C(O)C(=O)O.[Na+]. The van der Waals surface area contributed by atoms with Crippen LogP contribution in [0.2, 0.25) is 0 Å². The summed E-state index contributed by atoms with van der Waals surface area (Å²) in [5.41, 5.74) is -2.74. The molecule has 0 radical (unpaired) electrons. The first-order chi connectivity index (χ1) is 10.2. The molecule has 0 saturated heterocycles. The fraction of sp³-hybridized carbons (Fsp3) is 0.500. The van der Waals surface area contributed by atoms with Crippen molar-refractivity contribution in [1.82, 2.24) is 0 Å². The van der Waals surface area contributed by atoms with Crippen LogP contribution >= 0.6 is 0 Å². The predicted octanol–water partition coefficient (Wildman–Crippen LogP) is -7.70. The number of aliphatic hydroxyl groups is 3. The van der Waals surface area contributed by atoms with E-state index in [1.807, 2.05) is 0 Å². The maximum absolute atomic E-state index is 10.3. The zero-order valence-electron chi connectivity index (χ0n) is 12.1. The summed E-state index contributed by atoms with van der Waals surface area (Å²) in [7, 11) is 0. The van der Waals surface area contributed by atoms with Crippen molar-refractivity contribution in [2.45, 2.75) is 30.7 Å². The van der Waals surface area contributed by atoms with Gasteiger partial charge in [-0.1, -0.05) is 0 Å². The first kappa shape index (κ1) is 27.1. The number of hydrogen-bond donors (Lipinski definition) is 7. The van der Waals surface area contributed by atoms with Crippen LogP contribution in [0, 0.1) is 0 Å². The molecule has 0 bridgehead atoms. The molecule has 132 valence electrons. The van der Waals surface area contributed by atoms with Crippen molar-refractivity contribution < 1.29 is 94.4 Å². The standard InChI is InChI=1S/C6H8O7.C4H6O6.Na/c7-3(8)1-6(13,5(11)12)2-4(9)10;5-1(3(7)8)2(6)4(9)10;/h13H,1-2H2,(H,7,8)(H,9,10)(H,11,12);1-2,5-6H,(H,7,8)(H,9,10);/q;;+1/p-1. The molecule has 2 atom stereocenters. The van der Waals surface area contributed by atoms with Gasteiger partial charge in [-0.05, 0) is 0 Å². The third-order valence-corrected chi connectivity index (χ3v) is 2.08. The molecule has 0 saturated carbocycles. The summed E-state index contributed by atoms with van der Waals surface area (Å²) in [6.07, 6.45) is -6.99. The number of carbonyl (C=O) groups excluding carboxylic acids is 1. The van der Waals surface area contributed by atoms with E-state index in [0.717, 1.165) is 0 Å². The number of rotatable bonds is 8. The maximum atomic E-state index is 10.3. The Balaban J connectivity index is -0.000000364. The van der Waals surface area contributed by atoms with E-state index in [-0.39, 0.29) is 29.6 Å². The monoisotopic (exact) mass is 364 g/mol. The van der Waals surface area contributed by atoms with Gasteiger partial charge in [0.05, 0.1) is 18.8 Å². The maximum Gasteiger partial charge on any atom is 1.00 e. The molecule has 0 fully saturated rings. The van der Waals surface area contributed by atoms with Crippen molar-refractivity contribution in [3.05, 3.63) is 0 Å². The molecule has 0 aromatic heterocycles. The fourth-order valence-corrected chi connectivity index (χ4v) is 0.978. The molecule has 7 N–H and O–H groups in total. The minimum atomic E-state index is -2.74. The Morgan fingerprint density at radius 3 is 1.29 bits per heavy atom. The van der Waals surface area contributed by atoms with Crippen LogP contribution in [-0.2, 0) is 24.0 Å². The van der Waals surface area contributed by atoms with Gasteiger partial charge in [0.15, 0.2) is 11.7 Å². The third-order valence-electron chi connectivity index (χ3n) is 2.08. The Morgan fingerprint density at radius 2 is 1.17 bits per heavy atom. The van der Waals surface area contributed by atoms with Crippen molar-refractivity contribution in [2.75, 3.05) is 0 Å². The molecule has 0 aliphatic heterocycles. The number of carbonyl (C=O) groups is 5. The smallest absolute Gasteiger partial charge is 0.547 e. The Labute approximate surface area is 155 Å². The molecular formula is C10H13NaO13. The van der Waals surface area contributed by atoms with Crippen LogP contribution in [-0.4, -0.2) is 83.4 Å². The van der Waals surface area contributed by atoms with Crippen LogP contribution < -0.4 is 34.7 Å². The van der Waals surface area contributed by atoms with Gasteiger partial charge in [0, 0.05) is 0 Å². The van der Waals surface area contributed by atoms with Crippen molar-refractivity contribution in [3.63, 3.8) is 0 Å². The molecule has 0 rings (SSSR count). The Hall–Kier alpha value is -1.77. The van der Waals surface area contributed by atoms with Gasteiger partial charge in [0.1, 0.15) is 6.10 Å². The van der Waals surface area contributed by atoms with Crippen LogP contribution in [0.1, 0.15) is 12.8 Å². The summed E-state index contributed by atoms with van der Waals surface area (Å²) in [5, 5.41) is 67.9. The second kappa shape index (κ2) is 11.7. The van der Waals surface area contributed by atoms with E-state index >= 15 is 0 Å². The number of carboxylic acids is 5. The first-order valence-electron chi connectivity index (χ1n) is 5.43. The molecule has 24 heavy (non-hydrogen) atoms. The molecule has 0 aromatic carbocycles. The van der Waals surface area contributed by atoms with Gasteiger partial charge in [-0.25, -0.2) is 9.59 Å². The van der Waals surface area contributed by atoms with E-state index in [9.17, 15) is 29.1 Å². The van der Waals surface area contributed by atoms with Gasteiger partial charge in [-0.3, -0.25) is 9.59 Å². The van der Waals surface area contributed by atoms with Gasteiger partial charge in [0.25, 0.3) is 0 Å². The summed E-state index contributed by atoms with van der Waals surface area (Å²) >= 11 is 0. The average molecular weight is 364 g/mol. The van der Waals surface area contributed by atoms with E-state index in [1.165, 1.54) is 0 Å². The largest absolute Gasteiger partial charge is 1.00 e. The summed E-state index contributed by atoms with van der Waals surface area (Å²) in [6.45, 7) is 0. The van der Waals surface area contributed by atoms with Crippen LogP contribution in [0.5, 0.6) is 0 Å². The second-order valence-electron chi connectivity index (χ2n) is 4.02. The minimum Gasteiger partial charge on any atom is -0.547 e. The number of aliphatic hydroxyl groups excluding tert-OH is 2. The first-order valence-corrected chi connectivity index (χ1v) is 5.43. The Kier molecular flexibility index (Phi) is 13.2. The van der Waals surface area contributed by atoms with Crippen molar-refractivity contribution in [3.8, 4) is 0 Å². The second-order valence-corrected chi connectivity index (χ2v) is 4.02. The molecule has 0 amide bonds. The van der Waals surface area contributed by atoms with Gasteiger partial charge in [-0.15, -0.1) is 0 Å². The minimum absolute atomic E-state index is 0. The summed E-state index contributed by atoms with van der Waals surface area (Å²) in [6, 6.07) is 0. The van der Waals surface area contributed by atoms with Gasteiger partial charge < -0.3 is 45.6 Å². The molecule has 0 aromatic rings. The summed E-state index contributed by atoms with van der Waals surface area (Å²) in [4.78, 5) is 49.9. The molecule has 13 nitrogen and oxygen atoms in total. The molecule has 0 aliphatic carbocycles. The van der Waals surface area contributed by atoms with E-state index in [4.69, 9.17) is 35.7 Å². The zero-order chi connectivity index (χ0) is 19.0. The topological polar surface area (TPSA) is 250 Å². The Bertz CT molecular complexity index is 453. The van der Waals surface area contributed by atoms with Gasteiger partial charge >= 0.3 is 53.4 Å². The van der Waals surface area contributed by atoms with Crippen LogP contribution in [0.15, 0.2) is 0 Å². The predicted molar refractivity (Wildman–Crippen MR) is 61.7 cm³/mol. The normalized spacial score (nSPS) is 12.5. The molecule has 14 heteroatoms. The van der Waals surface area contributed by atoms with Crippen molar-refractivity contribution >= 4 is 29.8 Å². The fourth-order valence-electron chi connectivity index (χ4n) is 0.978. The quantitative estimate of drug-likeness (QED) is 0.198. The molecule has 0 heterocycles. The van der Waals surface area contributed by atoms with Gasteiger partial charge in [0.2, 0.25) is 0 Å². The van der Waals surface area contributed by atoms with E-state index in [0.29, 0.717) is 0 Å². The molecule has 2 unspecified atom stereocenters. The number of hydrogen-bond acceptors (Lipinski definition) is 9.